The maximum atomic E-state index is 6.02. The van der Waals surface area contributed by atoms with Gasteiger partial charge in [0.25, 0.3) is 0 Å². The zero-order valence-corrected chi connectivity index (χ0v) is 11.2. The molecule has 2 nitrogen and oxygen atoms in total. The molecule has 2 aromatic rings. The van der Waals surface area contributed by atoms with Crippen molar-refractivity contribution >= 4 is 17.4 Å². The number of nitrogens with one attached hydrogen (secondary N) is 1. The topological polar surface area (TPSA) is 24.9 Å². The second kappa shape index (κ2) is 6.41. The number of alkyl halides is 1. The third-order valence-corrected chi connectivity index (χ3v) is 3.15. The Hall–Kier alpha value is -1.54. The second-order valence-electron chi connectivity index (χ2n) is 4.40. The van der Waals surface area contributed by atoms with Crippen LogP contribution in [0.5, 0.6) is 0 Å². The van der Waals surface area contributed by atoms with Gasteiger partial charge in [-0.2, -0.15) is 0 Å². The van der Waals surface area contributed by atoms with Gasteiger partial charge in [-0.05, 0) is 36.6 Å². The van der Waals surface area contributed by atoms with Crippen LogP contribution in [0.4, 0.5) is 5.82 Å². The maximum Gasteiger partial charge on any atom is 0.126 e. The molecule has 1 N–H and O–H groups in total. The summed E-state index contributed by atoms with van der Waals surface area (Å²) in [6.07, 6.45) is 2.71. The number of anilines is 1. The summed E-state index contributed by atoms with van der Waals surface area (Å²) in [6.45, 7) is 2.06. The average Bonchev–Trinajstić information content (AvgIpc) is 2.39. The van der Waals surface area contributed by atoms with Crippen LogP contribution in [0.15, 0.2) is 48.7 Å². The quantitative estimate of drug-likeness (QED) is 0.830. The molecule has 1 unspecified atom stereocenters. The smallest absolute Gasteiger partial charge is 0.126 e. The first-order chi connectivity index (χ1) is 8.78. The summed E-state index contributed by atoms with van der Waals surface area (Å²) < 4.78 is 0. The Morgan fingerprint density at radius 1 is 1.22 bits per heavy atom. The van der Waals surface area contributed by atoms with Crippen LogP contribution >= 0.6 is 11.6 Å². The molecule has 2 rings (SSSR count). The average molecular weight is 261 g/mol. The number of benzene rings is 1. The van der Waals surface area contributed by atoms with E-state index in [0.717, 1.165) is 12.2 Å². The zero-order valence-electron chi connectivity index (χ0n) is 10.4. The Bertz CT molecular complexity index is 485. The van der Waals surface area contributed by atoms with E-state index >= 15 is 0 Å². The predicted octanol–water partition coefficient (Wildman–Crippen LogP) is 3.65. The van der Waals surface area contributed by atoms with Crippen molar-refractivity contribution in [1.29, 1.82) is 0 Å². The first kappa shape index (κ1) is 12.9. The summed E-state index contributed by atoms with van der Waals surface area (Å²) in [5.74, 6) is 1.45. The third kappa shape index (κ3) is 3.74. The Morgan fingerprint density at radius 3 is 2.67 bits per heavy atom. The number of rotatable bonds is 5. The molecule has 0 aliphatic heterocycles. The molecule has 1 aromatic carbocycles. The van der Waals surface area contributed by atoms with Gasteiger partial charge in [0, 0.05) is 18.1 Å². The second-order valence-corrected chi connectivity index (χ2v) is 4.71. The SMILES string of the molecule is Cc1ccnc(NC(CCl)Cc2ccccc2)c1. The van der Waals surface area contributed by atoms with E-state index in [1.165, 1.54) is 11.1 Å². The van der Waals surface area contributed by atoms with Gasteiger partial charge in [0.2, 0.25) is 0 Å². The van der Waals surface area contributed by atoms with Gasteiger partial charge in [0.05, 0.1) is 0 Å². The van der Waals surface area contributed by atoms with E-state index in [1.807, 2.05) is 36.5 Å². The summed E-state index contributed by atoms with van der Waals surface area (Å²) in [5.41, 5.74) is 2.48. The largest absolute Gasteiger partial charge is 0.366 e. The maximum absolute atomic E-state index is 6.02. The lowest BCUT2D eigenvalue weighted by Gasteiger charge is -2.17. The van der Waals surface area contributed by atoms with Crippen molar-refractivity contribution in [3.05, 3.63) is 59.8 Å². The van der Waals surface area contributed by atoms with Crippen LogP contribution in [-0.4, -0.2) is 16.9 Å². The molecule has 0 amide bonds. The Kier molecular flexibility index (Phi) is 4.59. The van der Waals surface area contributed by atoms with Crippen molar-refractivity contribution in [3.63, 3.8) is 0 Å². The van der Waals surface area contributed by atoms with Crippen LogP contribution in [0.3, 0.4) is 0 Å². The first-order valence-electron chi connectivity index (χ1n) is 6.07. The van der Waals surface area contributed by atoms with E-state index in [9.17, 15) is 0 Å². The van der Waals surface area contributed by atoms with Crippen LogP contribution < -0.4 is 5.32 Å². The lowest BCUT2D eigenvalue weighted by molar-refractivity contribution is 0.791. The minimum atomic E-state index is 0.198. The summed E-state index contributed by atoms with van der Waals surface area (Å²) >= 11 is 6.02. The van der Waals surface area contributed by atoms with Crippen molar-refractivity contribution in [2.24, 2.45) is 0 Å². The highest BCUT2D eigenvalue weighted by Gasteiger charge is 2.08. The Morgan fingerprint density at radius 2 is 2.00 bits per heavy atom. The molecular formula is C15H17ClN2. The highest BCUT2D eigenvalue weighted by atomic mass is 35.5. The molecule has 0 radical (unpaired) electrons. The molecule has 0 aliphatic rings. The molecule has 0 bridgehead atoms. The third-order valence-electron chi connectivity index (χ3n) is 2.78. The van der Waals surface area contributed by atoms with Crippen molar-refractivity contribution in [3.8, 4) is 0 Å². The standard InChI is InChI=1S/C15H17ClN2/c1-12-7-8-17-15(9-12)18-14(11-16)10-13-5-3-2-4-6-13/h2-9,14H,10-11H2,1H3,(H,17,18). The van der Waals surface area contributed by atoms with Gasteiger partial charge < -0.3 is 5.32 Å². The van der Waals surface area contributed by atoms with Gasteiger partial charge >= 0.3 is 0 Å². The minimum Gasteiger partial charge on any atom is -0.366 e. The number of hydrogen-bond donors (Lipinski definition) is 1. The molecule has 0 fully saturated rings. The van der Waals surface area contributed by atoms with Crippen LogP contribution in [-0.2, 0) is 6.42 Å². The monoisotopic (exact) mass is 260 g/mol. The van der Waals surface area contributed by atoms with Gasteiger partial charge in [0.1, 0.15) is 5.82 Å². The summed E-state index contributed by atoms with van der Waals surface area (Å²) in [6, 6.07) is 14.6. The minimum absolute atomic E-state index is 0.198. The molecule has 3 heteroatoms. The van der Waals surface area contributed by atoms with Crippen molar-refractivity contribution in [1.82, 2.24) is 4.98 Å². The number of halogens is 1. The van der Waals surface area contributed by atoms with Crippen LogP contribution in [0.25, 0.3) is 0 Å². The van der Waals surface area contributed by atoms with E-state index < -0.39 is 0 Å². The molecule has 0 spiro atoms. The summed E-state index contributed by atoms with van der Waals surface area (Å²) in [4.78, 5) is 4.30. The van der Waals surface area contributed by atoms with Crippen molar-refractivity contribution in [2.75, 3.05) is 11.2 Å². The van der Waals surface area contributed by atoms with Gasteiger partial charge in [-0.15, -0.1) is 11.6 Å². The zero-order chi connectivity index (χ0) is 12.8. The van der Waals surface area contributed by atoms with E-state index in [1.54, 1.807) is 0 Å². The number of aromatic nitrogens is 1. The van der Waals surface area contributed by atoms with E-state index in [0.29, 0.717) is 5.88 Å². The van der Waals surface area contributed by atoms with E-state index in [2.05, 4.69) is 29.4 Å². The fourth-order valence-corrected chi connectivity index (χ4v) is 2.05. The molecule has 0 aliphatic carbocycles. The predicted molar refractivity (Wildman–Crippen MR) is 77.3 cm³/mol. The lowest BCUT2D eigenvalue weighted by Crippen LogP contribution is -2.24. The Balaban J connectivity index is 2.01. The Labute approximate surface area is 113 Å². The molecule has 0 saturated heterocycles. The normalized spacial score (nSPS) is 12.1. The molecule has 1 atom stereocenters. The van der Waals surface area contributed by atoms with Crippen LogP contribution in [0.2, 0.25) is 0 Å². The van der Waals surface area contributed by atoms with Gasteiger partial charge in [-0.3, -0.25) is 0 Å². The number of nitrogens with zero attached hydrogens (tertiary/aromatic N) is 1. The fraction of sp³-hybridized carbons (Fsp3) is 0.267. The van der Waals surface area contributed by atoms with Crippen molar-refractivity contribution < 1.29 is 0 Å². The fourth-order valence-electron chi connectivity index (χ4n) is 1.87. The molecular weight excluding hydrogens is 244 g/mol. The summed E-state index contributed by atoms with van der Waals surface area (Å²) in [7, 11) is 0. The molecule has 0 saturated carbocycles. The molecule has 94 valence electrons. The van der Waals surface area contributed by atoms with E-state index in [4.69, 9.17) is 11.6 Å². The molecule has 1 heterocycles. The highest BCUT2D eigenvalue weighted by Crippen LogP contribution is 2.11. The summed E-state index contributed by atoms with van der Waals surface area (Å²) in [5, 5.41) is 3.37. The van der Waals surface area contributed by atoms with Gasteiger partial charge in [0.15, 0.2) is 0 Å². The lowest BCUT2D eigenvalue weighted by atomic mass is 10.1. The van der Waals surface area contributed by atoms with E-state index in [-0.39, 0.29) is 6.04 Å². The highest BCUT2D eigenvalue weighted by molar-refractivity contribution is 6.18. The van der Waals surface area contributed by atoms with Gasteiger partial charge in [-0.25, -0.2) is 4.98 Å². The number of pyridine rings is 1. The number of hydrogen-bond acceptors (Lipinski definition) is 2. The first-order valence-corrected chi connectivity index (χ1v) is 6.60. The van der Waals surface area contributed by atoms with Crippen LogP contribution in [0, 0.1) is 6.92 Å². The van der Waals surface area contributed by atoms with Gasteiger partial charge in [-0.1, -0.05) is 30.3 Å². The molecule has 18 heavy (non-hydrogen) atoms. The molecule has 1 aromatic heterocycles. The van der Waals surface area contributed by atoms with Crippen LogP contribution in [0.1, 0.15) is 11.1 Å². The number of aryl methyl sites for hydroxylation is 1. The van der Waals surface area contributed by atoms with Crippen molar-refractivity contribution in [2.45, 2.75) is 19.4 Å².